The minimum Gasteiger partial charge on any atom is -0.497 e. The van der Waals surface area contributed by atoms with Gasteiger partial charge in [-0.25, -0.2) is 13.2 Å². The number of nitrogens with zero attached hydrogens (tertiary/aromatic N) is 1. The summed E-state index contributed by atoms with van der Waals surface area (Å²) in [7, 11) is -2.08. The highest BCUT2D eigenvalue weighted by atomic mass is 32.2. The molecule has 2 N–H and O–H groups in total. The monoisotopic (exact) mass is 583 g/mol. The second kappa shape index (κ2) is 13.7. The molecule has 1 saturated heterocycles. The van der Waals surface area contributed by atoms with Crippen molar-refractivity contribution >= 4 is 39.5 Å². The van der Waals surface area contributed by atoms with Gasteiger partial charge in [0.25, 0.3) is 0 Å². The number of thioether (sulfide) groups is 1. The highest BCUT2D eigenvalue weighted by molar-refractivity contribution is 7.99. The zero-order valence-corrected chi connectivity index (χ0v) is 24.9. The minimum absolute atomic E-state index is 0.00551. The Bertz CT molecular complexity index is 1100. The van der Waals surface area contributed by atoms with Gasteiger partial charge in [-0.1, -0.05) is 31.4 Å². The van der Waals surface area contributed by atoms with Crippen LogP contribution >= 0.6 is 11.8 Å². The first-order chi connectivity index (χ1) is 18.4. The lowest BCUT2D eigenvalue weighted by Crippen LogP contribution is -2.56. The Hall–Kier alpha value is -2.47. The molecular formula is C27H41N3O7S2. The fourth-order valence-electron chi connectivity index (χ4n) is 4.70. The van der Waals surface area contributed by atoms with Crippen LogP contribution < -0.4 is 15.4 Å². The van der Waals surface area contributed by atoms with Crippen LogP contribution in [0.15, 0.2) is 24.3 Å². The number of amides is 3. The molecule has 10 nitrogen and oxygen atoms in total. The van der Waals surface area contributed by atoms with E-state index in [1.54, 1.807) is 52.1 Å². The van der Waals surface area contributed by atoms with Gasteiger partial charge >= 0.3 is 6.09 Å². The Kier molecular flexibility index (Phi) is 10.9. The molecule has 2 aliphatic rings. The van der Waals surface area contributed by atoms with E-state index in [4.69, 9.17) is 9.47 Å². The predicted octanol–water partition coefficient (Wildman–Crippen LogP) is 3.10. The Morgan fingerprint density at radius 1 is 1.10 bits per heavy atom. The standard InChI is InChI=1S/C27H41N3O7S2/c1-27(2,3)37-26(33)30-18-38-15-23(30)25(32)29-22(17-39(34,35)16-20-8-6-5-7-9-20)24(31)28-14-19-10-12-21(36-4)13-11-19/h10-13,20,22-23H,5-9,14-18H2,1-4H3,(H,28,31)(H,29,32)/t22-,23-/m0/s1. The Labute approximate surface area is 235 Å². The van der Waals surface area contributed by atoms with Crippen molar-refractivity contribution in [3.63, 3.8) is 0 Å². The van der Waals surface area contributed by atoms with Crippen LogP contribution in [0.5, 0.6) is 5.75 Å². The second-order valence-corrected chi connectivity index (χ2v) is 14.3. The maximum absolute atomic E-state index is 13.3. The van der Waals surface area contributed by atoms with Gasteiger partial charge in [0.15, 0.2) is 9.84 Å². The molecule has 0 aromatic heterocycles. The first-order valence-electron chi connectivity index (χ1n) is 13.4. The van der Waals surface area contributed by atoms with E-state index in [0.29, 0.717) is 11.5 Å². The van der Waals surface area contributed by atoms with Crippen LogP contribution in [0.4, 0.5) is 4.79 Å². The van der Waals surface area contributed by atoms with Crippen molar-refractivity contribution in [1.29, 1.82) is 0 Å². The number of benzene rings is 1. The Morgan fingerprint density at radius 2 is 1.77 bits per heavy atom. The van der Waals surface area contributed by atoms with Gasteiger partial charge in [0.1, 0.15) is 23.4 Å². The number of hydrogen-bond donors (Lipinski definition) is 2. The first kappa shape index (κ1) is 31.1. The third-order valence-electron chi connectivity index (χ3n) is 6.71. The Morgan fingerprint density at radius 3 is 2.38 bits per heavy atom. The number of methoxy groups -OCH3 is 1. The molecule has 3 rings (SSSR count). The van der Waals surface area contributed by atoms with Crippen molar-refractivity contribution in [3.8, 4) is 5.75 Å². The molecule has 0 spiro atoms. The van der Waals surface area contributed by atoms with Crippen molar-refractivity contribution in [1.82, 2.24) is 15.5 Å². The number of rotatable bonds is 10. The first-order valence-corrected chi connectivity index (χ1v) is 16.3. The van der Waals surface area contributed by atoms with Crippen molar-refractivity contribution < 1.29 is 32.3 Å². The van der Waals surface area contributed by atoms with Gasteiger partial charge in [0.2, 0.25) is 11.8 Å². The smallest absolute Gasteiger partial charge is 0.411 e. The van der Waals surface area contributed by atoms with Crippen molar-refractivity contribution in [2.24, 2.45) is 5.92 Å². The molecule has 39 heavy (non-hydrogen) atoms. The third kappa shape index (κ3) is 9.90. The lowest BCUT2D eigenvalue weighted by Gasteiger charge is -2.28. The van der Waals surface area contributed by atoms with Crippen molar-refractivity contribution in [2.45, 2.75) is 77.1 Å². The van der Waals surface area contributed by atoms with E-state index >= 15 is 0 Å². The van der Waals surface area contributed by atoms with Crippen molar-refractivity contribution in [2.75, 3.05) is 30.2 Å². The molecule has 0 bridgehead atoms. The maximum atomic E-state index is 13.3. The highest BCUT2D eigenvalue weighted by Crippen LogP contribution is 2.26. The van der Waals surface area contributed by atoms with Crippen LogP contribution in [0.25, 0.3) is 0 Å². The number of carbonyl (C=O) groups excluding carboxylic acids is 3. The average molecular weight is 584 g/mol. The van der Waals surface area contributed by atoms with Gasteiger partial charge in [-0.15, -0.1) is 11.8 Å². The SMILES string of the molecule is COc1ccc(CNC(=O)[C@H](CS(=O)(=O)CC2CCCCC2)NC(=O)[C@@H]2CSCN2C(=O)OC(C)(C)C)cc1. The summed E-state index contributed by atoms with van der Waals surface area (Å²) in [6.07, 6.45) is 4.19. The molecule has 0 unspecified atom stereocenters. The van der Waals surface area contributed by atoms with Gasteiger partial charge in [-0.05, 0) is 57.2 Å². The van der Waals surface area contributed by atoms with Crippen LogP contribution in [0.2, 0.25) is 0 Å². The zero-order valence-electron chi connectivity index (χ0n) is 23.2. The molecule has 1 aromatic carbocycles. The van der Waals surface area contributed by atoms with E-state index < -0.39 is 51.2 Å². The molecule has 1 aromatic rings. The third-order valence-corrected chi connectivity index (χ3v) is 9.54. The normalized spacial score (nSPS) is 19.3. The van der Waals surface area contributed by atoms with Crippen LogP contribution in [0, 0.1) is 5.92 Å². The zero-order chi connectivity index (χ0) is 28.6. The van der Waals surface area contributed by atoms with E-state index in [1.165, 1.54) is 16.7 Å². The van der Waals surface area contributed by atoms with E-state index in [1.807, 2.05) is 0 Å². The molecule has 12 heteroatoms. The van der Waals surface area contributed by atoms with Gasteiger partial charge in [0.05, 0.1) is 24.5 Å². The summed E-state index contributed by atoms with van der Waals surface area (Å²) in [6, 6.07) is 4.94. The molecule has 1 aliphatic heterocycles. The fourth-order valence-corrected chi connectivity index (χ4v) is 7.77. The quantitative estimate of drug-likeness (QED) is 0.430. The van der Waals surface area contributed by atoms with Crippen LogP contribution in [-0.4, -0.2) is 79.2 Å². The summed E-state index contributed by atoms with van der Waals surface area (Å²) in [5.74, 6) is -0.361. The summed E-state index contributed by atoms with van der Waals surface area (Å²) in [4.78, 5) is 40.5. The van der Waals surface area contributed by atoms with Gasteiger partial charge < -0.3 is 20.1 Å². The molecule has 2 fully saturated rings. The summed E-state index contributed by atoms with van der Waals surface area (Å²) in [5.41, 5.74) is 0.0604. The van der Waals surface area contributed by atoms with E-state index in [2.05, 4.69) is 10.6 Å². The van der Waals surface area contributed by atoms with Crippen LogP contribution in [-0.2, 0) is 30.7 Å². The van der Waals surface area contributed by atoms with E-state index in [9.17, 15) is 22.8 Å². The number of carbonyl (C=O) groups is 3. The van der Waals surface area contributed by atoms with E-state index in [0.717, 1.165) is 37.7 Å². The topological polar surface area (TPSA) is 131 Å². The average Bonchev–Trinajstić information content (AvgIpc) is 3.37. The van der Waals surface area contributed by atoms with Crippen molar-refractivity contribution in [3.05, 3.63) is 29.8 Å². The number of ether oxygens (including phenoxy) is 2. The largest absolute Gasteiger partial charge is 0.497 e. The maximum Gasteiger partial charge on any atom is 0.411 e. The second-order valence-electron chi connectivity index (χ2n) is 11.2. The number of sulfone groups is 1. The highest BCUT2D eigenvalue weighted by Gasteiger charge is 2.39. The Balaban J connectivity index is 1.71. The summed E-state index contributed by atoms with van der Waals surface area (Å²) in [5, 5.41) is 5.40. The number of nitrogens with one attached hydrogen (secondary N) is 2. The van der Waals surface area contributed by atoms with Crippen LogP contribution in [0.3, 0.4) is 0 Å². The van der Waals surface area contributed by atoms with Gasteiger partial charge in [0, 0.05) is 12.3 Å². The van der Waals surface area contributed by atoms with E-state index in [-0.39, 0.29) is 24.1 Å². The molecule has 218 valence electrons. The lowest BCUT2D eigenvalue weighted by molar-refractivity contribution is -0.130. The van der Waals surface area contributed by atoms with Gasteiger partial charge in [-0.2, -0.15) is 0 Å². The fraction of sp³-hybridized carbons (Fsp3) is 0.667. The number of hydrogen-bond acceptors (Lipinski definition) is 8. The minimum atomic E-state index is -3.64. The van der Waals surface area contributed by atoms with Gasteiger partial charge in [-0.3, -0.25) is 14.5 Å². The molecule has 0 radical (unpaired) electrons. The molecule has 1 aliphatic carbocycles. The molecule has 1 heterocycles. The molecule has 3 amide bonds. The molecule has 1 saturated carbocycles. The molecule has 2 atom stereocenters. The lowest BCUT2D eigenvalue weighted by atomic mass is 9.91. The van der Waals surface area contributed by atoms with Crippen LogP contribution in [0.1, 0.15) is 58.4 Å². The predicted molar refractivity (Wildman–Crippen MR) is 151 cm³/mol. The summed E-state index contributed by atoms with van der Waals surface area (Å²) in [6.45, 7) is 5.37. The summed E-state index contributed by atoms with van der Waals surface area (Å²) >= 11 is 1.39. The molecular weight excluding hydrogens is 542 g/mol. The summed E-state index contributed by atoms with van der Waals surface area (Å²) < 4.78 is 36.9.